The predicted molar refractivity (Wildman–Crippen MR) is 81.1 cm³/mol. The molecule has 1 fully saturated rings. The van der Waals surface area contributed by atoms with Crippen molar-refractivity contribution in [3.8, 4) is 0 Å². The summed E-state index contributed by atoms with van der Waals surface area (Å²) >= 11 is 0. The van der Waals surface area contributed by atoms with Crippen molar-refractivity contribution in [2.45, 2.75) is 39.2 Å². The maximum atomic E-state index is 4.48. The fourth-order valence-corrected chi connectivity index (χ4v) is 2.97. The van der Waals surface area contributed by atoms with Crippen LogP contribution in [0, 0.1) is 6.92 Å². The molecule has 0 spiro atoms. The minimum absolute atomic E-state index is 0.525. The number of piperidine rings is 1. The predicted octanol–water partition coefficient (Wildman–Crippen LogP) is 2.32. The zero-order valence-corrected chi connectivity index (χ0v) is 12.3. The highest BCUT2D eigenvalue weighted by atomic mass is 15.2. The second-order valence-electron chi connectivity index (χ2n) is 5.65. The van der Waals surface area contributed by atoms with Crippen LogP contribution in [0.25, 0.3) is 5.52 Å². The van der Waals surface area contributed by atoms with Gasteiger partial charge in [0.1, 0.15) is 5.52 Å². The van der Waals surface area contributed by atoms with Crippen LogP contribution in [-0.2, 0) is 0 Å². The van der Waals surface area contributed by atoms with Crippen LogP contribution in [0.2, 0.25) is 0 Å². The first-order valence-electron chi connectivity index (χ1n) is 7.56. The van der Waals surface area contributed by atoms with Gasteiger partial charge < -0.3 is 10.2 Å². The molecule has 5 nitrogen and oxygen atoms in total. The van der Waals surface area contributed by atoms with Gasteiger partial charge in [-0.2, -0.15) is 5.10 Å². The van der Waals surface area contributed by atoms with Crippen LogP contribution in [0.3, 0.4) is 0 Å². The van der Waals surface area contributed by atoms with E-state index in [1.165, 1.54) is 38.9 Å². The number of hydrogen-bond donors (Lipinski definition) is 1. The second-order valence-corrected chi connectivity index (χ2v) is 5.65. The molecule has 1 saturated heterocycles. The van der Waals surface area contributed by atoms with Gasteiger partial charge in [0, 0.05) is 31.5 Å². The first-order valence-corrected chi connectivity index (χ1v) is 7.56. The SMILES string of the molecule is CCCN1CCC(Nc2nccn3nc(C)cc23)CC1. The molecule has 2 aromatic heterocycles. The van der Waals surface area contributed by atoms with E-state index in [-0.39, 0.29) is 0 Å². The van der Waals surface area contributed by atoms with Crippen molar-refractivity contribution < 1.29 is 0 Å². The van der Waals surface area contributed by atoms with E-state index in [1.54, 1.807) is 0 Å². The molecule has 0 bridgehead atoms. The van der Waals surface area contributed by atoms with Crippen LogP contribution in [-0.4, -0.2) is 45.2 Å². The molecular weight excluding hydrogens is 250 g/mol. The zero-order valence-electron chi connectivity index (χ0n) is 12.3. The molecule has 3 rings (SSSR count). The Kier molecular flexibility index (Phi) is 3.87. The molecule has 0 unspecified atom stereocenters. The topological polar surface area (TPSA) is 45.5 Å². The van der Waals surface area contributed by atoms with E-state index in [9.17, 15) is 0 Å². The number of aryl methyl sites for hydroxylation is 1. The zero-order chi connectivity index (χ0) is 13.9. The average Bonchev–Trinajstić information content (AvgIpc) is 2.83. The number of rotatable bonds is 4. The van der Waals surface area contributed by atoms with Gasteiger partial charge in [0.2, 0.25) is 0 Å². The van der Waals surface area contributed by atoms with Gasteiger partial charge in [-0.3, -0.25) is 0 Å². The smallest absolute Gasteiger partial charge is 0.152 e. The van der Waals surface area contributed by atoms with Crippen LogP contribution in [0.5, 0.6) is 0 Å². The Hall–Kier alpha value is -1.62. The Morgan fingerprint density at radius 2 is 2.15 bits per heavy atom. The van der Waals surface area contributed by atoms with Gasteiger partial charge in [0.05, 0.1) is 5.69 Å². The molecule has 0 saturated carbocycles. The number of nitrogens with one attached hydrogen (secondary N) is 1. The molecule has 20 heavy (non-hydrogen) atoms. The largest absolute Gasteiger partial charge is 0.365 e. The lowest BCUT2D eigenvalue weighted by Gasteiger charge is -2.32. The Balaban J connectivity index is 1.68. The van der Waals surface area contributed by atoms with E-state index in [0.29, 0.717) is 6.04 Å². The van der Waals surface area contributed by atoms with E-state index in [2.05, 4.69) is 33.3 Å². The molecule has 0 atom stereocenters. The highest BCUT2D eigenvalue weighted by Crippen LogP contribution is 2.19. The summed E-state index contributed by atoms with van der Waals surface area (Å²) in [6.07, 6.45) is 7.34. The molecule has 108 valence electrons. The monoisotopic (exact) mass is 273 g/mol. The van der Waals surface area contributed by atoms with Crippen LogP contribution in [0.15, 0.2) is 18.5 Å². The van der Waals surface area contributed by atoms with E-state index >= 15 is 0 Å². The van der Waals surface area contributed by atoms with Crippen LogP contribution in [0.4, 0.5) is 5.82 Å². The van der Waals surface area contributed by atoms with E-state index < -0.39 is 0 Å². The second kappa shape index (κ2) is 5.79. The molecular formula is C15H23N5. The van der Waals surface area contributed by atoms with Crippen molar-refractivity contribution in [2.75, 3.05) is 25.0 Å². The Bertz CT molecular complexity index is 569. The summed E-state index contributed by atoms with van der Waals surface area (Å²) in [5.74, 6) is 0.960. The van der Waals surface area contributed by atoms with E-state index in [1.807, 2.05) is 23.8 Å². The lowest BCUT2D eigenvalue weighted by Crippen LogP contribution is -2.39. The maximum Gasteiger partial charge on any atom is 0.152 e. The van der Waals surface area contributed by atoms with Gasteiger partial charge in [0.25, 0.3) is 0 Å². The lowest BCUT2D eigenvalue weighted by molar-refractivity contribution is 0.219. The maximum absolute atomic E-state index is 4.48. The molecule has 5 heteroatoms. The average molecular weight is 273 g/mol. The minimum atomic E-state index is 0.525. The third-order valence-corrected chi connectivity index (χ3v) is 3.98. The standard InChI is InChI=1S/C15H23N5/c1-3-7-19-8-4-13(5-9-19)17-15-14-11-12(2)18-20(14)10-6-16-15/h6,10-11,13H,3-5,7-9H2,1-2H3,(H,16,17). The number of likely N-dealkylation sites (tertiary alicyclic amines) is 1. The normalized spacial score (nSPS) is 17.7. The van der Waals surface area contributed by atoms with Gasteiger partial charge in [0.15, 0.2) is 5.82 Å². The Labute approximate surface area is 120 Å². The molecule has 0 aromatic carbocycles. The Morgan fingerprint density at radius 3 is 2.90 bits per heavy atom. The molecule has 3 heterocycles. The van der Waals surface area contributed by atoms with Gasteiger partial charge in [-0.25, -0.2) is 9.50 Å². The first-order chi connectivity index (χ1) is 9.76. The summed E-state index contributed by atoms with van der Waals surface area (Å²) in [4.78, 5) is 7.03. The van der Waals surface area contributed by atoms with E-state index in [4.69, 9.17) is 0 Å². The third kappa shape index (κ3) is 2.77. The van der Waals surface area contributed by atoms with E-state index in [0.717, 1.165) is 17.0 Å². The van der Waals surface area contributed by atoms with Crippen LogP contribution < -0.4 is 5.32 Å². The molecule has 1 aliphatic rings. The van der Waals surface area contributed by atoms with Gasteiger partial charge in [-0.15, -0.1) is 0 Å². The summed E-state index contributed by atoms with van der Waals surface area (Å²) in [5, 5.41) is 8.03. The quantitative estimate of drug-likeness (QED) is 0.928. The molecule has 1 aliphatic heterocycles. The lowest BCUT2D eigenvalue weighted by atomic mass is 10.0. The fraction of sp³-hybridized carbons (Fsp3) is 0.600. The number of aromatic nitrogens is 3. The molecule has 0 aliphatic carbocycles. The van der Waals surface area contributed by atoms with Gasteiger partial charge in [-0.05, 0) is 38.8 Å². The summed E-state index contributed by atoms with van der Waals surface area (Å²) in [7, 11) is 0. The van der Waals surface area contributed by atoms with Crippen molar-refractivity contribution >= 4 is 11.3 Å². The van der Waals surface area contributed by atoms with Gasteiger partial charge >= 0.3 is 0 Å². The molecule has 2 aromatic rings. The van der Waals surface area contributed by atoms with Gasteiger partial charge in [-0.1, -0.05) is 6.92 Å². The molecule has 1 N–H and O–H groups in total. The number of hydrogen-bond acceptors (Lipinski definition) is 4. The molecule has 0 radical (unpaired) electrons. The summed E-state index contributed by atoms with van der Waals surface area (Å²) in [6, 6.07) is 2.61. The van der Waals surface area contributed by atoms with Crippen LogP contribution in [0.1, 0.15) is 31.9 Å². The highest BCUT2D eigenvalue weighted by molar-refractivity contribution is 5.68. The minimum Gasteiger partial charge on any atom is -0.365 e. The number of nitrogens with zero attached hydrogens (tertiary/aromatic N) is 4. The molecule has 0 amide bonds. The highest BCUT2D eigenvalue weighted by Gasteiger charge is 2.19. The first kappa shape index (κ1) is 13.4. The van der Waals surface area contributed by atoms with Crippen molar-refractivity contribution in [3.05, 3.63) is 24.2 Å². The Morgan fingerprint density at radius 1 is 1.35 bits per heavy atom. The fourth-order valence-electron chi connectivity index (χ4n) is 2.97. The van der Waals surface area contributed by atoms with Crippen molar-refractivity contribution in [2.24, 2.45) is 0 Å². The number of fused-ring (bicyclic) bond motifs is 1. The third-order valence-electron chi connectivity index (χ3n) is 3.98. The van der Waals surface area contributed by atoms with Crippen molar-refractivity contribution in [3.63, 3.8) is 0 Å². The van der Waals surface area contributed by atoms with Crippen LogP contribution >= 0.6 is 0 Å². The summed E-state index contributed by atoms with van der Waals surface area (Å²) in [5.41, 5.74) is 2.10. The van der Waals surface area contributed by atoms with Crippen molar-refractivity contribution in [1.29, 1.82) is 0 Å². The van der Waals surface area contributed by atoms with Crippen molar-refractivity contribution in [1.82, 2.24) is 19.5 Å². The number of anilines is 1. The summed E-state index contributed by atoms with van der Waals surface area (Å²) < 4.78 is 1.90. The summed E-state index contributed by atoms with van der Waals surface area (Å²) in [6.45, 7) is 7.86.